The number of hydrogen-bond acceptors (Lipinski definition) is 4. The Hall–Kier alpha value is -1.87. The van der Waals surface area contributed by atoms with Crippen molar-refractivity contribution in [3.8, 4) is 17.5 Å². The number of alkyl halides is 3. The lowest BCUT2D eigenvalue weighted by molar-refractivity contribution is -0.274. The number of aliphatic hydroxyl groups is 1. The maximum atomic E-state index is 12.5. The highest BCUT2D eigenvalue weighted by atomic mass is 35.5. The molecule has 5 nitrogen and oxygen atoms in total. The molecule has 0 unspecified atom stereocenters. The highest BCUT2D eigenvalue weighted by molar-refractivity contribution is 6.37. The average molecular weight is 512 g/mol. The van der Waals surface area contributed by atoms with Crippen LogP contribution < -0.4 is 9.47 Å². The van der Waals surface area contributed by atoms with Gasteiger partial charge in [-0.1, -0.05) is 54.7 Å². The van der Waals surface area contributed by atoms with Crippen LogP contribution in [-0.2, 0) is 6.54 Å². The molecule has 1 heterocycles. The van der Waals surface area contributed by atoms with Crippen molar-refractivity contribution in [2.24, 2.45) is 0 Å². The molecule has 174 valence electrons. The molecule has 3 rings (SSSR count). The lowest BCUT2D eigenvalue weighted by Gasteiger charge is -2.17. The lowest BCUT2D eigenvalue weighted by atomic mass is 9.93. The Morgan fingerprint density at radius 3 is 2.22 bits per heavy atom. The van der Waals surface area contributed by atoms with Gasteiger partial charge in [0.05, 0.1) is 33.7 Å². The number of benzene rings is 2. The second-order valence-corrected chi connectivity index (χ2v) is 8.20. The maximum Gasteiger partial charge on any atom is 0.573 e. The summed E-state index contributed by atoms with van der Waals surface area (Å²) in [5.41, 5.74) is 2.18. The van der Waals surface area contributed by atoms with Gasteiger partial charge in [0.15, 0.2) is 5.75 Å². The number of aromatic nitrogens is 2. The van der Waals surface area contributed by atoms with Gasteiger partial charge in [0.25, 0.3) is 0 Å². The summed E-state index contributed by atoms with van der Waals surface area (Å²) < 4.78 is 48.9. The fourth-order valence-corrected chi connectivity index (χ4v) is 4.31. The largest absolute Gasteiger partial charge is 0.573 e. The van der Waals surface area contributed by atoms with Crippen LogP contribution >= 0.6 is 34.8 Å². The molecule has 0 aliphatic heterocycles. The smallest absolute Gasteiger partial charge is 0.422 e. The first-order valence-electron chi connectivity index (χ1n) is 9.81. The zero-order valence-corrected chi connectivity index (χ0v) is 19.4. The molecule has 0 amide bonds. The third-order valence-electron chi connectivity index (χ3n) is 4.99. The summed E-state index contributed by atoms with van der Waals surface area (Å²) in [5.74, 6) is -0.455. The standard InChI is InChI=1S/C21H20Cl3F3N2O3/c1-3-11(4-2)13-5-6-14(22)17-18(13)29(7-8-30)20(28-17)31-19-15(23)9-12(10-16(19)24)32-21(25,26)27/h5-6,9-11,30H,3-4,7-8H2,1-2H3. The molecule has 2 aromatic carbocycles. The number of ether oxygens (including phenoxy) is 2. The molecular formula is C21H20Cl3F3N2O3. The molecule has 1 N–H and O–H groups in total. The van der Waals surface area contributed by atoms with E-state index < -0.39 is 12.1 Å². The van der Waals surface area contributed by atoms with E-state index in [1.165, 1.54) is 0 Å². The van der Waals surface area contributed by atoms with Gasteiger partial charge < -0.3 is 14.6 Å². The molecule has 32 heavy (non-hydrogen) atoms. The second-order valence-electron chi connectivity index (χ2n) is 6.98. The van der Waals surface area contributed by atoms with Gasteiger partial charge in [0, 0.05) is 12.1 Å². The Balaban J connectivity index is 2.13. The van der Waals surface area contributed by atoms with Crippen LogP contribution in [0, 0.1) is 0 Å². The first-order valence-corrected chi connectivity index (χ1v) is 10.9. The highest BCUT2D eigenvalue weighted by Gasteiger charge is 2.32. The van der Waals surface area contributed by atoms with Gasteiger partial charge in [-0.25, -0.2) is 0 Å². The van der Waals surface area contributed by atoms with E-state index in [2.05, 4.69) is 23.6 Å². The minimum atomic E-state index is -4.90. The topological polar surface area (TPSA) is 56.5 Å². The van der Waals surface area contributed by atoms with Crippen LogP contribution in [0.1, 0.15) is 38.2 Å². The number of halogens is 6. The third kappa shape index (κ3) is 5.20. The molecule has 0 saturated carbocycles. The predicted molar refractivity (Wildman–Crippen MR) is 118 cm³/mol. The third-order valence-corrected chi connectivity index (χ3v) is 5.86. The number of rotatable bonds is 8. The summed E-state index contributed by atoms with van der Waals surface area (Å²) >= 11 is 18.6. The van der Waals surface area contributed by atoms with Crippen LogP contribution in [0.5, 0.6) is 17.5 Å². The van der Waals surface area contributed by atoms with Crippen LogP contribution in [0.4, 0.5) is 13.2 Å². The molecule has 0 bridgehead atoms. The van der Waals surface area contributed by atoms with Crippen molar-refractivity contribution in [1.82, 2.24) is 9.55 Å². The summed E-state index contributed by atoms with van der Waals surface area (Å²) in [7, 11) is 0. The fraction of sp³-hybridized carbons (Fsp3) is 0.381. The predicted octanol–water partition coefficient (Wildman–Crippen LogP) is 7.58. The van der Waals surface area contributed by atoms with Crippen LogP contribution in [0.25, 0.3) is 11.0 Å². The van der Waals surface area contributed by atoms with E-state index in [4.69, 9.17) is 39.5 Å². The van der Waals surface area contributed by atoms with Crippen molar-refractivity contribution in [3.63, 3.8) is 0 Å². The number of nitrogens with zero attached hydrogens (tertiary/aromatic N) is 2. The van der Waals surface area contributed by atoms with Gasteiger partial charge in [-0.15, -0.1) is 13.2 Å². The van der Waals surface area contributed by atoms with Crippen LogP contribution in [-0.4, -0.2) is 27.6 Å². The van der Waals surface area contributed by atoms with Crippen LogP contribution in [0.2, 0.25) is 15.1 Å². The zero-order valence-electron chi connectivity index (χ0n) is 17.1. The molecule has 1 aromatic heterocycles. The molecule has 11 heteroatoms. The van der Waals surface area contributed by atoms with Crippen molar-refractivity contribution < 1.29 is 27.8 Å². The first kappa shape index (κ1) is 24.8. The van der Waals surface area contributed by atoms with Crippen molar-refractivity contribution in [2.75, 3.05) is 6.61 Å². The fourth-order valence-electron chi connectivity index (χ4n) is 3.57. The van der Waals surface area contributed by atoms with E-state index in [9.17, 15) is 18.3 Å². The number of aliphatic hydroxyl groups excluding tert-OH is 1. The zero-order chi connectivity index (χ0) is 23.6. The quantitative estimate of drug-likeness (QED) is 0.339. The minimum Gasteiger partial charge on any atom is -0.422 e. The van der Waals surface area contributed by atoms with Gasteiger partial charge in [-0.2, -0.15) is 4.98 Å². The average Bonchev–Trinajstić information content (AvgIpc) is 3.05. The first-order chi connectivity index (χ1) is 15.1. The number of fused-ring (bicyclic) bond motifs is 1. The molecule has 3 aromatic rings. The molecule has 0 atom stereocenters. The molecule has 0 saturated heterocycles. The monoisotopic (exact) mass is 510 g/mol. The molecule has 0 spiro atoms. The Labute approximate surface area is 197 Å². The minimum absolute atomic E-state index is 0.0441. The number of hydrogen-bond donors (Lipinski definition) is 1. The molecule has 0 fully saturated rings. The van der Waals surface area contributed by atoms with Gasteiger partial charge in [-0.05, 0) is 30.4 Å². The SMILES string of the molecule is CCC(CC)c1ccc(Cl)c2nc(Oc3c(Cl)cc(OC(F)(F)F)cc3Cl)n(CCO)c12. The van der Waals surface area contributed by atoms with E-state index in [1.807, 2.05) is 6.07 Å². The van der Waals surface area contributed by atoms with Gasteiger partial charge in [0.2, 0.25) is 0 Å². The Morgan fingerprint density at radius 2 is 1.69 bits per heavy atom. The molecule has 0 aliphatic rings. The van der Waals surface area contributed by atoms with Gasteiger partial charge in [0.1, 0.15) is 11.3 Å². The Bertz CT molecular complexity index is 1090. The van der Waals surface area contributed by atoms with Crippen molar-refractivity contribution in [3.05, 3.63) is 44.9 Å². The van der Waals surface area contributed by atoms with Crippen LogP contribution in [0.3, 0.4) is 0 Å². The molecule has 0 aliphatic carbocycles. The summed E-state index contributed by atoms with van der Waals surface area (Å²) in [6.45, 7) is 4.08. The molecular weight excluding hydrogens is 492 g/mol. The van der Waals surface area contributed by atoms with Gasteiger partial charge >= 0.3 is 12.4 Å². The summed E-state index contributed by atoms with van der Waals surface area (Å²) in [5, 5.41) is 9.63. The number of imidazole rings is 1. The van der Waals surface area contributed by atoms with E-state index in [1.54, 1.807) is 10.6 Å². The maximum absolute atomic E-state index is 12.5. The summed E-state index contributed by atoms with van der Waals surface area (Å²) in [6, 6.07) is 5.60. The molecule has 0 radical (unpaired) electrons. The summed E-state index contributed by atoms with van der Waals surface area (Å²) in [4.78, 5) is 4.47. The van der Waals surface area contributed by atoms with E-state index in [-0.39, 0.29) is 40.9 Å². The van der Waals surface area contributed by atoms with Crippen molar-refractivity contribution in [2.45, 2.75) is 45.5 Å². The van der Waals surface area contributed by atoms with Crippen molar-refractivity contribution in [1.29, 1.82) is 0 Å². The Morgan fingerprint density at radius 1 is 1.06 bits per heavy atom. The lowest BCUT2D eigenvalue weighted by Crippen LogP contribution is -2.17. The normalized spacial score (nSPS) is 12.1. The van der Waals surface area contributed by atoms with Crippen molar-refractivity contribution >= 4 is 45.8 Å². The Kier molecular flexibility index (Phi) is 7.70. The van der Waals surface area contributed by atoms with E-state index >= 15 is 0 Å². The second kappa shape index (κ2) is 9.95. The van der Waals surface area contributed by atoms with Gasteiger partial charge in [-0.3, -0.25) is 4.57 Å². The van der Waals surface area contributed by atoms with E-state index in [0.717, 1.165) is 30.5 Å². The van der Waals surface area contributed by atoms with Crippen LogP contribution in [0.15, 0.2) is 24.3 Å². The van der Waals surface area contributed by atoms with E-state index in [0.29, 0.717) is 16.1 Å². The summed E-state index contributed by atoms with van der Waals surface area (Å²) in [6.07, 6.45) is -3.13. The highest BCUT2D eigenvalue weighted by Crippen LogP contribution is 2.42.